The van der Waals surface area contributed by atoms with Crippen molar-refractivity contribution in [3.63, 3.8) is 0 Å². The summed E-state index contributed by atoms with van der Waals surface area (Å²) < 4.78 is 37.3. The van der Waals surface area contributed by atoms with E-state index in [0.717, 1.165) is 24.2 Å². The minimum atomic E-state index is -0.862. The molecule has 2 aromatic heterocycles. The Bertz CT molecular complexity index is 1050. The Morgan fingerprint density at radius 2 is 2.10 bits per heavy atom. The van der Waals surface area contributed by atoms with Crippen molar-refractivity contribution in [3.05, 3.63) is 47.2 Å². The Labute approximate surface area is 166 Å². The van der Waals surface area contributed by atoms with Gasteiger partial charge in [0.25, 0.3) is 5.91 Å². The third kappa shape index (κ3) is 3.70. The molecule has 1 fully saturated rings. The number of aryl methyl sites for hydroxylation is 1. The van der Waals surface area contributed by atoms with E-state index < -0.39 is 17.5 Å². The molecule has 1 aromatic carbocycles. The normalized spacial score (nSPS) is 16.9. The van der Waals surface area contributed by atoms with Crippen molar-refractivity contribution in [3.8, 4) is 11.4 Å². The van der Waals surface area contributed by atoms with Crippen LogP contribution in [0.2, 0.25) is 0 Å². The molecule has 2 N–H and O–H groups in total. The summed E-state index contributed by atoms with van der Waals surface area (Å²) in [6.07, 6.45) is 1.50. The molecule has 1 atom stereocenters. The number of carbonyl (C=O) groups is 1. The molecule has 7 nitrogen and oxygen atoms in total. The van der Waals surface area contributed by atoms with E-state index in [0.29, 0.717) is 30.9 Å². The highest BCUT2D eigenvalue weighted by molar-refractivity contribution is 5.94. The summed E-state index contributed by atoms with van der Waals surface area (Å²) in [4.78, 5) is 20.7. The minimum absolute atomic E-state index is 0.0947. The number of imidazole rings is 1. The Morgan fingerprint density at radius 1 is 1.34 bits per heavy atom. The lowest BCUT2D eigenvalue weighted by Crippen LogP contribution is -2.40. The highest BCUT2D eigenvalue weighted by atomic mass is 19.1. The van der Waals surface area contributed by atoms with Crippen LogP contribution in [-0.4, -0.2) is 53.3 Å². The van der Waals surface area contributed by atoms with Gasteiger partial charge < -0.3 is 19.9 Å². The topological polar surface area (TPSA) is 81.1 Å². The van der Waals surface area contributed by atoms with Crippen LogP contribution in [0.5, 0.6) is 0 Å². The summed E-state index contributed by atoms with van der Waals surface area (Å²) in [7, 11) is 1.40. The molecular weight excluding hydrogens is 380 g/mol. The summed E-state index contributed by atoms with van der Waals surface area (Å²) >= 11 is 0. The zero-order chi connectivity index (χ0) is 20.5. The maximum Gasteiger partial charge on any atom is 0.251 e. The number of benzene rings is 1. The number of carbonyl (C=O) groups excluding carboxylic acids is 1. The van der Waals surface area contributed by atoms with E-state index in [1.165, 1.54) is 7.05 Å². The van der Waals surface area contributed by atoms with Gasteiger partial charge in [0.1, 0.15) is 23.0 Å². The number of pyridine rings is 1. The van der Waals surface area contributed by atoms with Crippen LogP contribution in [0.25, 0.3) is 22.6 Å². The smallest absolute Gasteiger partial charge is 0.251 e. The predicted octanol–water partition coefficient (Wildman–Crippen LogP) is 2.03. The number of fused-ring (bicyclic) bond motifs is 1. The Morgan fingerprint density at radius 3 is 2.76 bits per heavy atom. The molecule has 0 aliphatic carbocycles. The van der Waals surface area contributed by atoms with Gasteiger partial charge in [0.05, 0.1) is 24.8 Å². The van der Waals surface area contributed by atoms with Crippen molar-refractivity contribution >= 4 is 17.1 Å². The van der Waals surface area contributed by atoms with Gasteiger partial charge in [0, 0.05) is 31.9 Å². The Kier molecular flexibility index (Phi) is 5.25. The second-order valence-corrected chi connectivity index (χ2v) is 6.99. The highest BCUT2D eigenvalue weighted by Crippen LogP contribution is 2.30. The van der Waals surface area contributed by atoms with Gasteiger partial charge in [-0.2, -0.15) is 0 Å². The summed E-state index contributed by atoms with van der Waals surface area (Å²) in [5, 5.41) is 5.60. The van der Waals surface area contributed by atoms with Crippen LogP contribution in [0.3, 0.4) is 0 Å². The first-order valence-corrected chi connectivity index (χ1v) is 9.34. The molecule has 0 bridgehead atoms. The number of morpholine rings is 1. The number of halogens is 2. The first-order chi connectivity index (χ1) is 14.0. The first kappa shape index (κ1) is 19.4. The lowest BCUT2D eigenvalue weighted by atomic mass is 10.1. The maximum atomic E-state index is 14.9. The monoisotopic (exact) mass is 401 g/mol. The van der Waals surface area contributed by atoms with E-state index in [-0.39, 0.29) is 23.1 Å². The molecule has 1 aliphatic heterocycles. The fourth-order valence-corrected chi connectivity index (χ4v) is 3.48. The number of nitrogens with zero attached hydrogens (tertiary/aromatic N) is 3. The van der Waals surface area contributed by atoms with E-state index in [4.69, 9.17) is 4.74 Å². The third-order valence-electron chi connectivity index (χ3n) is 4.87. The molecule has 0 radical (unpaired) electrons. The largest absolute Gasteiger partial charge is 0.374 e. The van der Waals surface area contributed by atoms with Crippen LogP contribution in [0.4, 0.5) is 8.78 Å². The number of amides is 1. The zero-order valence-corrected chi connectivity index (χ0v) is 16.1. The van der Waals surface area contributed by atoms with Gasteiger partial charge >= 0.3 is 0 Å². The standard InChI is InChI=1S/C20H21F2N5O2/c1-11-5-16-18(25-8-11)27(10-13-9-24-3-4-29-13)19(26-16)17-14(21)6-12(7-15(17)22)20(28)23-2/h5-8,13,24H,3-4,9-10H2,1-2H3,(H,23,28)/t13-/m1/s1. The van der Waals surface area contributed by atoms with Crippen molar-refractivity contribution in [2.24, 2.45) is 0 Å². The Balaban J connectivity index is 1.86. The molecule has 152 valence electrons. The van der Waals surface area contributed by atoms with Crippen LogP contribution in [0, 0.1) is 18.6 Å². The SMILES string of the molecule is CNC(=O)c1cc(F)c(-c2nc3cc(C)cnc3n2C[C@H]2CNCCO2)c(F)c1. The van der Waals surface area contributed by atoms with Gasteiger partial charge in [-0.25, -0.2) is 18.7 Å². The average Bonchev–Trinajstić information content (AvgIpc) is 3.04. The average molecular weight is 401 g/mol. The van der Waals surface area contributed by atoms with Crippen molar-refractivity contribution in [2.75, 3.05) is 26.7 Å². The van der Waals surface area contributed by atoms with E-state index in [1.807, 2.05) is 13.0 Å². The quantitative estimate of drug-likeness (QED) is 0.699. The van der Waals surface area contributed by atoms with Crippen LogP contribution < -0.4 is 10.6 Å². The molecule has 1 amide bonds. The van der Waals surface area contributed by atoms with E-state index in [2.05, 4.69) is 20.6 Å². The molecule has 1 aliphatic rings. The lowest BCUT2D eigenvalue weighted by molar-refractivity contribution is 0.0190. The number of hydrogen-bond donors (Lipinski definition) is 2. The van der Waals surface area contributed by atoms with Crippen molar-refractivity contribution in [1.82, 2.24) is 25.2 Å². The first-order valence-electron chi connectivity index (χ1n) is 9.34. The number of aromatic nitrogens is 3. The molecule has 9 heteroatoms. The van der Waals surface area contributed by atoms with E-state index in [9.17, 15) is 13.6 Å². The molecule has 0 unspecified atom stereocenters. The van der Waals surface area contributed by atoms with Crippen LogP contribution >= 0.6 is 0 Å². The summed E-state index contributed by atoms with van der Waals surface area (Å²) in [6, 6.07) is 3.84. The third-order valence-corrected chi connectivity index (χ3v) is 4.87. The number of hydrogen-bond acceptors (Lipinski definition) is 5. The fourth-order valence-electron chi connectivity index (χ4n) is 3.48. The number of nitrogens with one attached hydrogen (secondary N) is 2. The number of rotatable bonds is 4. The molecule has 29 heavy (non-hydrogen) atoms. The second-order valence-electron chi connectivity index (χ2n) is 6.99. The zero-order valence-electron chi connectivity index (χ0n) is 16.1. The van der Waals surface area contributed by atoms with E-state index in [1.54, 1.807) is 10.8 Å². The van der Waals surface area contributed by atoms with Crippen LogP contribution in [-0.2, 0) is 11.3 Å². The van der Waals surface area contributed by atoms with Gasteiger partial charge in [0.15, 0.2) is 5.65 Å². The van der Waals surface area contributed by atoms with Crippen molar-refractivity contribution in [1.29, 1.82) is 0 Å². The maximum absolute atomic E-state index is 14.9. The highest BCUT2D eigenvalue weighted by Gasteiger charge is 2.25. The molecule has 3 aromatic rings. The lowest BCUT2D eigenvalue weighted by Gasteiger charge is -2.24. The minimum Gasteiger partial charge on any atom is -0.374 e. The summed E-state index contributed by atoms with van der Waals surface area (Å²) in [5.74, 6) is -2.17. The predicted molar refractivity (Wildman–Crippen MR) is 104 cm³/mol. The van der Waals surface area contributed by atoms with Gasteiger partial charge in [-0.3, -0.25) is 4.79 Å². The fraction of sp³-hybridized carbons (Fsp3) is 0.350. The Hall–Kier alpha value is -2.91. The van der Waals surface area contributed by atoms with Gasteiger partial charge in [-0.05, 0) is 30.7 Å². The van der Waals surface area contributed by atoms with Crippen LogP contribution in [0.1, 0.15) is 15.9 Å². The van der Waals surface area contributed by atoms with Gasteiger partial charge in [-0.1, -0.05) is 0 Å². The molecule has 1 saturated heterocycles. The summed E-state index contributed by atoms with van der Waals surface area (Å²) in [6.45, 7) is 4.15. The van der Waals surface area contributed by atoms with Gasteiger partial charge in [0.2, 0.25) is 0 Å². The van der Waals surface area contributed by atoms with Crippen molar-refractivity contribution < 1.29 is 18.3 Å². The molecule has 4 rings (SSSR count). The van der Waals surface area contributed by atoms with Crippen molar-refractivity contribution in [2.45, 2.75) is 19.6 Å². The molecule has 0 spiro atoms. The molecule has 0 saturated carbocycles. The van der Waals surface area contributed by atoms with Gasteiger partial charge in [-0.15, -0.1) is 0 Å². The number of ether oxygens (including phenoxy) is 1. The summed E-state index contributed by atoms with van der Waals surface area (Å²) in [5.41, 5.74) is 1.56. The molecular formula is C20H21F2N5O2. The van der Waals surface area contributed by atoms with Crippen LogP contribution in [0.15, 0.2) is 24.4 Å². The molecule has 3 heterocycles. The van der Waals surface area contributed by atoms with E-state index >= 15 is 0 Å². The second kappa shape index (κ2) is 7.84.